The molecule has 1 saturated carbocycles. The maximum absolute atomic E-state index is 12.2. The van der Waals surface area contributed by atoms with Crippen LogP contribution in [0.4, 0.5) is 0 Å². The van der Waals surface area contributed by atoms with E-state index in [-0.39, 0.29) is 5.91 Å². The molecule has 1 amide bonds. The lowest BCUT2D eigenvalue weighted by atomic mass is 10.1. The molecule has 1 N–H and O–H groups in total. The highest BCUT2D eigenvalue weighted by molar-refractivity contribution is 7.88. The van der Waals surface area contributed by atoms with Gasteiger partial charge in [0.05, 0.1) is 12.0 Å². The van der Waals surface area contributed by atoms with Crippen LogP contribution in [0.5, 0.6) is 0 Å². The number of amides is 1. The van der Waals surface area contributed by atoms with Crippen molar-refractivity contribution in [2.45, 2.75) is 46.5 Å². The van der Waals surface area contributed by atoms with E-state index in [9.17, 15) is 13.2 Å². The van der Waals surface area contributed by atoms with Crippen molar-refractivity contribution in [1.82, 2.24) is 9.62 Å². The quantitative estimate of drug-likeness (QED) is 0.661. The van der Waals surface area contributed by atoms with Crippen LogP contribution in [-0.2, 0) is 14.8 Å². The Morgan fingerprint density at radius 3 is 2.32 bits per heavy atom. The maximum Gasteiger partial charge on any atom is 0.232 e. The smallest absolute Gasteiger partial charge is 0.232 e. The first-order valence-corrected chi connectivity index (χ1v) is 9.77. The van der Waals surface area contributed by atoms with Gasteiger partial charge in [0.1, 0.15) is 0 Å². The molecule has 0 aromatic heterocycles. The van der Waals surface area contributed by atoms with Gasteiger partial charge in [0, 0.05) is 19.5 Å². The van der Waals surface area contributed by atoms with E-state index in [4.69, 9.17) is 0 Å². The molecule has 22 heavy (non-hydrogen) atoms. The molecule has 5 nitrogen and oxygen atoms in total. The summed E-state index contributed by atoms with van der Waals surface area (Å²) in [5, 5.41) is 2.73. The minimum Gasteiger partial charge on any atom is -0.356 e. The number of nitrogens with one attached hydrogen (secondary N) is 1. The van der Waals surface area contributed by atoms with E-state index in [2.05, 4.69) is 5.32 Å². The average Bonchev–Trinajstić information content (AvgIpc) is 3.25. The molecule has 0 spiro atoms. The summed E-state index contributed by atoms with van der Waals surface area (Å²) in [6.07, 6.45) is 8.18. The van der Waals surface area contributed by atoms with Crippen LogP contribution in [0.25, 0.3) is 0 Å². The molecule has 6 heteroatoms. The minimum absolute atomic E-state index is 0.0357. The number of hydrogen-bond donors (Lipinski definition) is 1. The minimum atomic E-state index is -3.35. The zero-order chi connectivity index (χ0) is 16.8. The summed E-state index contributed by atoms with van der Waals surface area (Å²) >= 11 is 0. The zero-order valence-electron chi connectivity index (χ0n) is 14.1. The maximum atomic E-state index is 12.2. The number of nitrogens with zero attached hydrogens (tertiary/aromatic N) is 1. The summed E-state index contributed by atoms with van der Waals surface area (Å²) in [6, 6.07) is 0. The third-order valence-corrected chi connectivity index (χ3v) is 4.89. The monoisotopic (exact) mass is 328 g/mol. The SMILES string of the molecule is CC=C(C(=CC)N(CCCC(=O)NCC)S(C)(=O)=O)C1CC1. The summed E-state index contributed by atoms with van der Waals surface area (Å²) in [5.41, 5.74) is 1.87. The van der Waals surface area contributed by atoms with Crippen molar-refractivity contribution in [3.63, 3.8) is 0 Å². The molecule has 0 atom stereocenters. The zero-order valence-corrected chi connectivity index (χ0v) is 14.9. The molecule has 0 aromatic carbocycles. The van der Waals surface area contributed by atoms with Gasteiger partial charge in [-0.25, -0.2) is 8.42 Å². The van der Waals surface area contributed by atoms with Gasteiger partial charge in [-0.15, -0.1) is 0 Å². The van der Waals surface area contributed by atoms with E-state index < -0.39 is 10.0 Å². The average molecular weight is 328 g/mol. The fraction of sp³-hybridized carbons (Fsp3) is 0.688. The van der Waals surface area contributed by atoms with Crippen LogP contribution in [0.3, 0.4) is 0 Å². The van der Waals surface area contributed by atoms with Gasteiger partial charge in [-0.1, -0.05) is 12.2 Å². The van der Waals surface area contributed by atoms with Gasteiger partial charge in [0.25, 0.3) is 0 Å². The van der Waals surface area contributed by atoms with Crippen LogP contribution in [0.1, 0.15) is 46.5 Å². The molecule has 1 aliphatic rings. The van der Waals surface area contributed by atoms with E-state index in [0.717, 1.165) is 24.1 Å². The topological polar surface area (TPSA) is 66.5 Å². The summed E-state index contributed by atoms with van der Waals surface area (Å²) in [4.78, 5) is 11.5. The van der Waals surface area contributed by atoms with Gasteiger partial charge >= 0.3 is 0 Å². The molecule has 126 valence electrons. The molecule has 0 bridgehead atoms. The molecule has 0 aromatic rings. The molecule has 0 saturated heterocycles. The normalized spacial score (nSPS) is 16.5. The molecule has 1 rings (SSSR count). The van der Waals surface area contributed by atoms with Gasteiger partial charge in [-0.2, -0.15) is 0 Å². The Balaban J connectivity index is 2.82. The molecular weight excluding hydrogens is 300 g/mol. The summed E-state index contributed by atoms with van der Waals surface area (Å²) < 4.78 is 25.8. The Hall–Kier alpha value is -1.30. The Morgan fingerprint density at radius 1 is 1.27 bits per heavy atom. The second kappa shape index (κ2) is 8.36. The van der Waals surface area contributed by atoms with Crippen LogP contribution in [0, 0.1) is 5.92 Å². The van der Waals surface area contributed by atoms with Crippen molar-refractivity contribution in [3.05, 3.63) is 23.4 Å². The van der Waals surface area contributed by atoms with E-state index in [1.807, 2.05) is 32.9 Å². The first kappa shape index (κ1) is 18.7. The van der Waals surface area contributed by atoms with E-state index in [1.165, 1.54) is 10.6 Å². The lowest BCUT2D eigenvalue weighted by Crippen LogP contribution is -2.32. The highest BCUT2D eigenvalue weighted by Gasteiger charge is 2.31. The van der Waals surface area contributed by atoms with Crippen molar-refractivity contribution in [3.8, 4) is 0 Å². The number of allylic oxidation sites excluding steroid dienone is 3. The second-order valence-corrected chi connectivity index (χ2v) is 7.49. The van der Waals surface area contributed by atoms with Crippen LogP contribution >= 0.6 is 0 Å². The lowest BCUT2D eigenvalue weighted by molar-refractivity contribution is -0.121. The molecule has 1 fully saturated rings. The third-order valence-electron chi connectivity index (χ3n) is 3.71. The number of hydrogen-bond acceptors (Lipinski definition) is 3. The predicted octanol–water partition coefficient (Wildman–Crippen LogP) is 2.42. The Kier molecular flexibility index (Phi) is 7.13. The van der Waals surface area contributed by atoms with Crippen molar-refractivity contribution in [2.24, 2.45) is 5.92 Å². The predicted molar refractivity (Wildman–Crippen MR) is 89.7 cm³/mol. The summed E-state index contributed by atoms with van der Waals surface area (Å²) in [5.74, 6) is 0.440. The Labute approximate surface area is 134 Å². The first-order chi connectivity index (χ1) is 10.3. The van der Waals surface area contributed by atoms with Gasteiger partial charge in [-0.05, 0) is 51.5 Å². The fourth-order valence-corrected chi connectivity index (χ4v) is 3.60. The summed E-state index contributed by atoms with van der Waals surface area (Å²) in [6.45, 7) is 6.61. The fourth-order valence-electron chi connectivity index (χ4n) is 2.58. The third kappa shape index (κ3) is 5.48. The van der Waals surface area contributed by atoms with Crippen molar-refractivity contribution >= 4 is 15.9 Å². The van der Waals surface area contributed by atoms with Gasteiger partial charge < -0.3 is 5.32 Å². The van der Waals surface area contributed by atoms with E-state index in [0.29, 0.717) is 31.8 Å². The second-order valence-electron chi connectivity index (χ2n) is 5.58. The van der Waals surface area contributed by atoms with Crippen molar-refractivity contribution < 1.29 is 13.2 Å². The number of carbonyl (C=O) groups is 1. The Morgan fingerprint density at radius 2 is 1.91 bits per heavy atom. The van der Waals surface area contributed by atoms with Gasteiger partial charge in [0.15, 0.2) is 0 Å². The van der Waals surface area contributed by atoms with Crippen LogP contribution in [0.15, 0.2) is 23.4 Å². The summed E-state index contributed by atoms with van der Waals surface area (Å²) in [7, 11) is -3.35. The van der Waals surface area contributed by atoms with E-state index >= 15 is 0 Å². The molecular formula is C16H28N2O3S. The molecule has 0 aliphatic heterocycles. The van der Waals surface area contributed by atoms with Gasteiger partial charge in [0.2, 0.25) is 15.9 Å². The highest BCUT2D eigenvalue weighted by atomic mass is 32.2. The van der Waals surface area contributed by atoms with Gasteiger partial charge in [-0.3, -0.25) is 9.10 Å². The molecule has 0 radical (unpaired) electrons. The number of rotatable bonds is 9. The molecule has 1 aliphatic carbocycles. The lowest BCUT2D eigenvalue weighted by Gasteiger charge is -2.27. The van der Waals surface area contributed by atoms with Crippen molar-refractivity contribution in [2.75, 3.05) is 19.3 Å². The molecule has 0 heterocycles. The number of sulfonamides is 1. The van der Waals surface area contributed by atoms with Crippen LogP contribution in [-0.4, -0.2) is 38.0 Å². The Bertz CT molecular complexity index is 546. The highest BCUT2D eigenvalue weighted by Crippen LogP contribution is 2.41. The van der Waals surface area contributed by atoms with Crippen LogP contribution < -0.4 is 5.32 Å². The van der Waals surface area contributed by atoms with Crippen molar-refractivity contribution in [1.29, 1.82) is 0 Å². The number of carbonyl (C=O) groups excluding carboxylic acids is 1. The largest absolute Gasteiger partial charge is 0.356 e. The first-order valence-electron chi connectivity index (χ1n) is 7.92. The molecule has 0 unspecified atom stereocenters. The van der Waals surface area contributed by atoms with E-state index in [1.54, 1.807) is 0 Å². The van der Waals surface area contributed by atoms with Crippen LogP contribution in [0.2, 0.25) is 0 Å². The standard InChI is InChI=1S/C16H28N2O3S/c1-5-14(13-10-11-13)15(6-2)18(22(4,20)21)12-8-9-16(19)17-7-3/h5-6,13H,7-12H2,1-4H3,(H,17,19).